The Morgan fingerprint density at radius 1 is 1.28 bits per heavy atom. The third-order valence-electron chi connectivity index (χ3n) is 3.11. The number of rotatable bonds is 4. The van der Waals surface area contributed by atoms with Crippen molar-refractivity contribution in [1.82, 2.24) is 9.78 Å². The van der Waals surface area contributed by atoms with Crippen LogP contribution in [-0.2, 0) is 13.0 Å². The summed E-state index contributed by atoms with van der Waals surface area (Å²) in [7, 11) is 0. The Balaban J connectivity index is 2.60. The van der Waals surface area contributed by atoms with Crippen molar-refractivity contribution in [1.29, 1.82) is 0 Å². The lowest BCUT2D eigenvalue weighted by atomic mass is 10.0. The van der Waals surface area contributed by atoms with E-state index in [-0.39, 0.29) is 5.88 Å². The molecule has 0 aliphatic rings. The van der Waals surface area contributed by atoms with Crippen molar-refractivity contribution in [3.05, 3.63) is 35.4 Å². The summed E-state index contributed by atoms with van der Waals surface area (Å²) in [6, 6.07) is 8.34. The van der Waals surface area contributed by atoms with Crippen molar-refractivity contribution in [2.24, 2.45) is 0 Å². The Kier molecular flexibility index (Phi) is 3.70. The molecule has 0 aliphatic carbocycles. The lowest BCUT2D eigenvalue weighted by Gasteiger charge is -2.08. The van der Waals surface area contributed by atoms with E-state index in [4.69, 9.17) is 0 Å². The van der Waals surface area contributed by atoms with Gasteiger partial charge in [0, 0.05) is 17.7 Å². The molecule has 0 saturated heterocycles. The summed E-state index contributed by atoms with van der Waals surface area (Å²) < 4.78 is 1.92. The average molecular weight is 244 g/mol. The Labute approximate surface area is 108 Å². The highest BCUT2D eigenvalue weighted by Crippen LogP contribution is 2.31. The zero-order valence-electron chi connectivity index (χ0n) is 11.3. The van der Waals surface area contributed by atoms with E-state index in [1.165, 1.54) is 5.56 Å². The molecule has 0 bridgehead atoms. The van der Waals surface area contributed by atoms with Crippen molar-refractivity contribution in [2.45, 2.75) is 40.2 Å². The van der Waals surface area contributed by atoms with Gasteiger partial charge in [-0.1, -0.05) is 37.6 Å². The van der Waals surface area contributed by atoms with E-state index in [2.05, 4.69) is 37.1 Å². The molecule has 1 aromatic carbocycles. The van der Waals surface area contributed by atoms with Gasteiger partial charge in [-0.25, -0.2) is 0 Å². The number of aromatic nitrogens is 2. The van der Waals surface area contributed by atoms with Crippen LogP contribution in [0, 0.1) is 6.92 Å². The van der Waals surface area contributed by atoms with E-state index in [0.29, 0.717) is 0 Å². The lowest BCUT2D eigenvalue weighted by Crippen LogP contribution is -2.02. The van der Waals surface area contributed by atoms with Crippen molar-refractivity contribution in [3.8, 4) is 17.1 Å². The molecule has 0 radical (unpaired) electrons. The highest BCUT2D eigenvalue weighted by molar-refractivity contribution is 5.66. The first kappa shape index (κ1) is 12.7. The maximum Gasteiger partial charge on any atom is 0.234 e. The molecule has 3 nitrogen and oxygen atoms in total. The monoisotopic (exact) mass is 244 g/mol. The van der Waals surface area contributed by atoms with Crippen LogP contribution in [-0.4, -0.2) is 14.9 Å². The van der Waals surface area contributed by atoms with Gasteiger partial charge in [-0.15, -0.1) is 5.10 Å². The normalized spacial score (nSPS) is 10.8. The Morgan fingerprint density at radius 2 is 2.06 bits per heavy atom. The molecular formula is C15H20N2O. The van der Waals surface area contributed by atoms with Crippen molar-refractivity contribution in [2.75, 3.05) is 0 Å². The summed E-state index contributed by atoms with van der Waals surface area (Å²) >= 11 is 0. The second kappa shape index (κ2) is 5.25. The molecule has 0 fully saturated rings. The first-order chi connectivity index (χ1) is 8.67. The van der Waals surface area contributed by atoms with Crippen LogP contribution in [0.1, 0.15) is 31.4 Å². The first-order valence-electron chi connectivity index (χ1n) is 6.53. The van der Waals surface area contributed by atoms with Gasteiger partial charge in [0.25, 0.3) is 0 Å². The van der Waals surface area contributed by atoms with Crippen LogP contribution in [0.2, 0.25) is 0 Å². The zero-order chi connectivity index (χ0) is 13.1. The molecule has 2 aromatic rings. The van der Waals surface area contributed by atoms with Crippen molar-refractivity contribution >= 4 is 0 Å². The van der Waals surface area contributed by atoms with Crippen LogP contribution in [0.5, 0.6) is 5.88 Å². The molecule has 18 heavy (non-hydrogen) atoms. The molecule has 1 heterocycles. The van der Waals surface area contributed by atoms with Crippen LogP contribution >= 0.6 is 0 Å². The second-order valence-corrected chi connectivity index (χ2v) is 4.60. The van der Waals surface area contributed by atoms with Crippen LogP contribution in [0.3, 0.4) is 0 Å². The number of benzene rings is 1. The van der Waals surface area contributed by atoms with E-state index < -0.39 is 0 Å². The number of aromatic hydroxyl groups is 1. The summed E-state index contributed by atoms with van der Waals surface area (Å²) in [6.07, 6.45) is 1.79. The fraction of sp³-hybridized carbons (Fsp3) is 0.400. The molecule has 0 spiro atoms. The molecular weight excluding hydrogens is 224 g/mol. The SMILES string of the molecule is CCCn1nc(O)c(CC)c1-c1cccc(C)c1. The van der Waals surface area contributed by atoms with Crippen LogP contribution in [0.15, 0.2) is 24.3 Å². The van der Waals surface area contributed by atoms with Gasteiger partial charge in [0.05, 0.1) is 5.69 Å². The van der Waals surface area contributed by atoms with Gasteiger partial charge < -0.3 is 5.11 Å². The Hall–Kier alpha value is -1.77. The third-order valence-corrected chi connectivity index (χ3v) is 3.11. The molecule has 1 N–H and O–H groups in total. The minimum Gasteiger partial charge on any atom is -0.492 e. The standard InChI is InChI=1S/C15H20N2O/c1-4-9-17-14(13(5-2)15(18)16-17)12-8-6-7-11(3)10-12/h6-8,10H,4-5,9H2,1-3H3,(H,16,18). The largest absolute Gasteiger partial charge is 0.492 e. The summed E-state index contributed by atoms with van der Waals surface area (Å²) in [5.74, 6) is 0.169. The minimum atomic E-state index is 0.169. The Morgan fingerprint density at radius 3 is 2.67 bits per heavy atom. The van der Waals surface area contributed by atoms with Gasteiger partial charge in [-0.05, 0) is 25.8 Å². The highest BCUT2D eigenvalue weighted by Gasteiger charge is 2.16. The van der Waals surface area contributed by atoms with Gasteiger partial charge >= 0.3 is 0 Å². The van der Waals surface area contributed by atoms with Crippen molar-refractivity contribution in [3.63, 3.8) is 0 Å². The molecule has 0 saturated carbocycles. The van der Waals surface area contributed by atoms with Crippen LogP contribution in [0.25, 0.3) is 11.3 Å². The van der Waals surface area contributed by atoms with E-state index >= 15 is 0 Å². The van der Waals surface area contributed by atoms with Gasteiger partial charge in [0.1, 0.15) is 0 Å². The van der Waals surface area contributed by atoms with E-state index in [0.717, 1.165) is 36.2 Å². The second-order valence-electron chi connectivity index (χ2n) is 4.60. The van der Waals surface area contributed by atoms with Crippen molar-refractivity contribution < 1.29 is 5.11 Å². The van der Waals surface area contributed by atoms with Gasteiger partial charge in [0.15, 0.2) is 0 Å². The molecule has 0 amide bonds. The number of hydrogen-bond donors (Lipinski definition) is 1. The quantitative estimate of drug-likeness (QED) is 0.893. The first-order valence-corrected chi connectivity index (χ1v) is 6.53. The minimum absolute atomic E-state index is 0.169. The van der Waals surface area contributed by atoms with E-state index in [9.17, 15) is 5.11 Å². The molecule has 1 aromatic heterocycles. The Bertz CT molecular complexity index is 543. The van der Waals surface area contributed by atoms with Gasteiger partial charge in [-0.3, -0.25) is 4.68 Å². The maximum absolute atomic E-state index is 9.94. The lowest BCUT2D eigenvalue weighted by molar-refractivity contribution is 0.432. The summed E-state index contributed by atoms with van der Waals surface area (Å²) in [5.41, 5.74) is 4.35. The predicted molar refractivity (Wildman–Crippen MR) is 73.7 cm³/mol. The molecule has 0 aliphatic heterocycles. The summed E-state index contributed by atoms with van der Waals surface area (Å²) in [6.45, 7) is 7.07. The number of nitrogens with zero attached hydrogens (tertiary/aromatic N) is 2. The molecule has 3 heteroatoms. The molecule has 2 rings (SSSR count). The van der Waals surface area contributed by atoms with Crippen LogP contribution in [0.4, 0.5) is 0 Å². The smallest absolute Gasteiger partial charge is 0.234 e. The third kappa shape index (κ3) is 2.26. The van der Waals surface area contributed by atoms with Gasteiger partial charge in [0.2, 0.25) is 5.88 Å². The summed E-state index contributed by atoms with van der Waals surface area (Å²) in [5, 5.41) is 14.2. The van der Waals surface area contributed by atoms with E-state index in [1.807, 2.05) is 17.7 Å². The molecule has 96 valence electrons. The number of aryl methyl sites for hydroxylation is 2. The number of hydrogen-bond acceptors (Lipinski definition) is 2. The van der Waals surface area contributed by atoms with E-state index in [1.54, 1.807) is 0 Å². The van der Waals surface area contributed by atoms with Gasteiger partial charge in [-0.2, -0.15) is 0 Å². The fourth-order valence-corrected chi connectivity index (χ4v) is 2.30. The summed E-state index contributed by atoms with van der Waals surface area (Å²) in [4.78, 5) is 0. The zero-order valence-corrected chi connectivity index (χ0v) is 11.3. The molecule has 0 unspecified atom stereocenters. The fourth-order valence-electron chi connectivity index (χ4n) is 2.30. The maximum atomic E-state index is 9.94. The molecule has 0 atom stereocenters. The van der Waals surface area contributed by atoms with Crippen LogP contribution < -0.4 is 0 Å². The predicted octanol–water partition coefficient (Wildman–Crippen LogP) is 3.54. The topological polar surface area (TPSA) is 38.0 Å². The average Bonchev–Trinajstić information content (AvgIpc) is 2.65. The highest BCUT2D eigenvalue weighted by atomic mass is 16.3.